The summed E-state index contributed by atoms with van der Waals surface area (Å²) < 4.78 is 0. The van der Waals surface area contributed by atoms with Crippen molar-refractivity contribution < 1.29 is 4.79 Å². The molecular weight excluding hydrogens is 288 g/mol. The van der Waals surface area contributed by atoms with Gasteiger partial charge in [-0.25, -0.2) is 0 Å². The van der Waals surface area contributed by atoms with Gasteiger partial charge in [-0.2, -0.15) is 5.10 Å². The standard InChI is InChI=1S/C18H18N4O/c23-18(17-6-9-20-21-17)22-10-7-13(12-22)11-14-5-8-19-16-4-2-1-3-15(14)16/h1-6,8-9,13H,7,10-12H2,(H,20,21). The van der Waals surface area contributed by atoms with Crippen molar-refractivity contribution in [3.05, 3.63) is 60.0 Å². The summed E-state index contributed by atoms with van der Waals surface area (Å²) in [5.74, 6) is 0.539. The molecule has 1 aliphatic heterocycles. The molecule has 1 aliphatic rings. The number of rotatable bonds is 3. The van der Waals surface area contributed by atoms with E-state index in [2.05, 4.69) is 33.4 Å². The first-order valence-electron chi connectivity index (χ1n) is 7.92. The van der Waals surface area contributed by atoms with E-state index in [4.69, 9.17) is 0 Å². The first kappa shape index (κ1) is 13.9. The highest BCUT2D eigenvalue weighted by Crippen LogP contribution is 2.25. The van der Waals surface area contributed by atoms with Crippen molar-refractivity contribution in [1.82, 2.24) is 20.1 Å². The van der Waals surface area contributed by atoms with Crippen LogP contribution in [0.25, 0.3) is 10.9 Å². The summed E-state index contributed by atoms with van der Waals surface area (Å²) in [6.07, 6.45) is 5.51. The fourth-order valence-electron chi connectivity index (χ4n) is 3.37. The van der Waals surface area contributed by atoms with Gasteiger partial charge < -0.3 is 4.90 Å². The highest BCUT2D eigenvalue weighted by molar-refractivity contribution is 5.92. The van der Waals surface area contributed by atoms with Crippen molar-refractivity contribution in [1.29, 1.82) is 0 Å². The third-order valence-corrected chi connectivity index (χ3v) is 4.55. The Morgan fingerprint density at radius 3 is 3.00 bits per heavy atom. The predicted octanol–water partition coefficient (Wildman–Crippen LogP) is 2.66. The van der Waals surface area contributed by atoms with Crippen molar-refractivity contribution in [3.8, 4) is 0 Å². The number of nitrogens with one attached hydrogen (secondary N) is 1. The predicted molar refractivity (Wildman–Crippen MR) is 88.0 cm³/mol. The van der Waals surface area contributed by atoms with Gasteiger partial charge >= 0.3 is 0 Å². The first-order valence-corrected chi connectivity index (χ1v) is 7.92. The molecule has 1 aromatic carbocycles. The molecule has 0 bridgehead atoms. The van der Waals surface area contributed by atoms with Crippen LogP contribution >= 0.6 is 0 Å². The van der Waals surface area contributed by atoms with E-state index in [-0.39, 0.29) is 5.91 Å². The first-order chi connectivity index (χ1) is 11.3. The number of amides is 1. The van der Waals surface area contributed by atoms with Crippen LogP contribution in [0.5, 0.6) is 0 Å². The maximum absolute atomic E-state index is 12.4. The molecule has 3 aromatic rings. The molecule has 5 heteroatoms. The second-order valence-electron chi connectivity index (χ2n) is 6.07. The molecule has 4 rings (SSSR count). The van der Waals surface area contributed by atoms with Gasteiger partial charge in [-0.1, -0.05) is 18.2 Å². The Balaban J connectivity index is 1.49. The SMILES string of the molecule is O=C(c1ccn[nH]1)N1CCC(Cc2ccnc3ccccc23)C1. The van der Waals surface area contributed by atoms with Gasteiger partial charge in [0.1, 0.15) is 5.69 Å². The number of pyridine rings is 1. The van der Waals surface area contributed by atoms with Gasteiger partial charge in [0.15, 0.2) is 0 Å². The molecule has 1 unspecified atom stereocenters. The number of likely N-dealkylation sites (tertiary alicyclic amines) is 1. The number of aromatic nitrogens is 3. The van der Waals surface area contributed by atoms with Crippen LogP contribution in [0.4, 0.5) is 0 Å². The lowest BCUT2D eigenvalue weighted by Gasteiger charge is -2.16. The zero-order valence-corrected chi connectivity index (χ0v) is 12.8. The number of fused-ring (bicyclic) bond motifs is 1. The van der Waals surface area contributed by atoms with Crippen LogP contribution in [0, 0.1) is 5.92 Å². The third kappa shape index (κ3) is 2.70. The van der Waals surface area contributed by atoms with E-state index in [1.165, 1.54) is 10.9 Å². The van der Waals surface area contributed by atoms with Gasteiger partial charge in [0.2, 0.25) is 0 Å². The molecule has 1 saturated heterocycles. The summed E-state index contributed by atoms with van der Waals surface area (Å²) >= 11 is 0. The number of carbonyl (C=O) groups excluding carboxylic acids is 1. The zero-order valence-electron chi connectivity index (χ0n) is 12.8. The molecule has 23 heavy (non-hydrogen) atoms. The lowest BCUT2D eigenvalue weighted by Crippen LogP contribution is -2.29. The highest BCUT2D eigenvalue weighted by Gasteiger charge is 2.27. The van der Waals surface area contributed by atoms with Gasteiger partial charge in [-0.3, -0.25) is 14.9 Å². The average molecular weight is 306 g/mol. The van der Waals surface area contributed by atoms with Gasteiger partial charge in [0.25, 0.3) is 5.91 Å². The van der Waals surface area contributed by atoms with Crippen LogP contribution in [0.3, 0.4) is 0 Å². The number of hydrogen-bond acceptors (Lipinski definition) is 3. The number of benzene rings is 1. The average Bonchev–Trinajstić information content (AvgIpc) is 3.27. The molecule has 116 valence electrons. The summed E-state index contributed by atoms with van der Waals surface area (Å²) in [7, 11) is 0. The maximum atomic E-state index is 12.4. The quantitative estimate of drug-likeness (QED) is 0.809. The van der Waals surface area contributed by atoms with Crippen LogP contribution in [0.2, 0.25) is 0 Å². The zero-order chi connectivity index (χ0) is 15.6. The molecule has 0 aliphatic carbocycles. The Hall–Kier alpha value is -2.69. The number of H-pyrrole nitrogens is 1. The second kappa shape index (κ2) is 5.83. The minimum Gasteiger partial charge on any atom is -0.337 e. The van der Waals surface area contributed by atoms with E-state index in [1.807, 2.05) is 23.2 Å². The molecule has 0 radical (unpaired) electrons. The summed E-state index contributed by atoms with van der Waals surface area (Å²) in [5, 5.41) is 7.83. The third-order valence-electron chi connectivity index (χ3n) is 4.55. The molecule has 0 saturated carbocycles. The molecule has 1 amide bonds. The Bertz CT molecular complexity index is 823. The Morgan fingerprint density at radius 2 is 2.13 bits per heavy atom. The fourth-order valence-corrected chi connectivity index (χ4v) is 3.37. The molecule has 0 spiro atoms. The highest BCUT2D eigenvalue weighted by atomic mass is 16.2. The Kier molecular flexibility index (Phi) is 3.54. The van der Waals surface area contributed by atoms with Crippen LogP contribution in [0.15, 0.2) is 48.8 Å². The number of nitrogens with zero attached hydrogens (tertiary/aromatic N) is 3. The smallest absolute Gasteiger partial charge is 0.271 e. The number of para-hydroxylation sites is 1. The van der Waals surface area contributed by atoms with Crippen molar-refractivity contribution >= 4 is 16.8 Å². The van der Waals surface area contributed by atoms with Crippen LogP contribution in [0.1, 0.15) is 22.5 Å². The fraction of sp³-hybridized carbons (Fsp3) is 0.278. The molecule has 2 aromatic heterocycles. The molecular formula is C18H18N4O. The topological polar surface area (TPSA) is 61.9 Å². The van der Waals surface area contributed by atoms with E-state index in [9.17, 15) is 4.79 Å². The van der Waals surface area contributed by atoms with Gasteiger partial charge in [-0.15, -0.1) is 0 Å². The lowest BCUT2D eigenvalue weighted by atomic mass is 9.96. The number of carbonyl (C=O) groups is 1. The molecule has 1 N–H and O–H groups in total. The number of aromatic amines is 1. The van der Waals surface area contributed by atoms with E-state index in [0.717, 1.165) is 31.4 Å². The van der Waals surface area contributed by atoms with Gasteiger partial charge in [-0.05, 0) is 42.5 Å². The Morgan fingerprint density at radius 1 is 1.22 bits per heavy atom. The minimum atomic E-state index is 0.0459. The molecule has 1 atom stereocenters. The summed E-state index contributed by atoms with van der Waals surface area (Å²) in [5.41, 5.74) is 2.92. The van der Waals surface area contributed by atoms with Crippen LogP contribution in [-0.2, 0) is 6.42 Å². The molecule has 1 fully saturated rings. The van der Waals surface area contributed by atoms with Gasteiger partial charge in [0.05, 0.1) is 5.52 Å². The monoisotopic (exact) mass is 306 g/mol. The second-order valence-corrected chi connectivity index (χ2v) is 6.07. The van der Waals surface area contributed by atoms with E-state index in [0.29, 0.717) is 11.6 Å². The van der Waals surface area contributed by atoms with E-state index >= 15 is 0 Å². The minimum absolute atomic E-state index is 0.0459. The van der Waals surface area contributed by atoms with Crippen molar-refractivity contribution in [2.24, 2.45) is 5.92 Å². The van der Waals surface area contributed by atoms with Crippen molar-refractivity contribution in [2.75, 3.05) is 13.1 Å². The Labute approximate surface area is 134 Å². The summed E-state index contributed by atoms with van der Waals surface area (Å²) in [6.45, 7) is 1.61. The normalized spacial score (nSPS) is 17.7. The summed E-state index contributed by atoms with van der Waals surface area (Å²) in [4.78, 5) is 18.7. The maximum Gasteiger partial charge on any atom is 0.271 e. The lowest BCUT2D eigenvalue weighted by molar-refractivity contribution is 0.0781. The molecule has 5 nitrogen and oxygen atoms in total. The summed E-state index contributed by atoms with van der Waals surface area (Å²) in [6, 6.07) is 12.1. The largest absolute Gasteiger partial charge is 0.337 e. The number of hydrogen-bond donors (Lipinski definition) is 1. The van der Waals surface area contributed by atoms with E-state index in [1.54, 1.807) is 12.3 Å². The van der Waals surface area contributed by atoms with Crippen molar-refractivity contribution in [2.45, 2.75) is 12.8 Å². The molecule has 3 heterocycles. The van der Waals surface area contributed by atoms with E-state index < -0.39 is 0 Å². The van der Waals surface area contributed by atoms with Crippen LogP contribution in [-0.4, -0.2) is 39.1 Å². The van der Waals surface area contributed by atoms with Gasteiger partial charge in [0, 0.05) is 30.9 Å². The van der Waals surface area contributed by atoms with Crippen LogP contribution < -0.4 is 0 Å². The van der Waals surface area contributed by atoms with Crippen molar-refractivity contribution in [3.63, 3.8) is 0 Å².